The molecule has 1 saturated heterocycles. The SMILES string of the molecule is CCCc1cc(OC)c(C(=S)NC2CCN(C3C4CCCC3CCC4)C2)cc1[N+](=O)[O-]. The number of thiocarbonyl (C=S) groups is 1. The van der Waals surface area contributed by atoms with Crippen LogP contribution in [0.15, 0.2) is 12.1 Å². The molecular formula is C24H35N3O3S. The third kappa shape index (κ3) is 4.72. The van der Waals surface area contributed by atoms with Gasteiger partial charge in [-0.2, -0.15) is 0 Å². The monoisotopic (exact) mass is 445 g/mol. The molecule has 2 bridgehead atoms. The lowest BCUT2D eigenvalue weighted by molar-refractivity contribution is -0.385. The number of nitro benzene ring substituents is 1. The first-order valence-electron chi connectivity index (χ1n) is 11.9. The molecule has 7 heteroatoms. The molecule has 3 aliphatic rings. The van der Waals surface area contributed by atoms with Crippen molar-refractivity contribution in [2.24, 2.45) is 11.8 Å². The minimum atomic E-state index is -0.310. The van der Waals surface area contributed by atoms with Gasteiger partial charge in [0.15, 0.2) is 0 Å². The zero-order valence-electron chi connectivity index (χ0n) is 18.8. The van der Waals surface area contributed by atoms with E-state index in [0.29, 0.717) is 28.3 Å². The predicted octanol–water partition coefficient (Wildman–Crippen LogP) is 4.86. The predicted molar refractivity (Wildman–Crippen MR) is 127 cm³/mol. The van der Waals surface area contributed by atoms with E-state index in [4.69, 9.17) is 17.0 Å². The number of methoxy groups -OCH3 is 1. The molecule has 1 aromatic rings. The molecule has 2 saturated carbocycles. The average molecular weight is 446 g/mol. The summed E-state index contributed by atoms with van der Waals surface area (Å²) in [5.41, 5.74) is 1.45. The Bertz CT molecular complexity index is 809. The van der Waals surface area contributed by atoms with Crippen LogP contribution in [0.3, 0.4) is 0 Å². The number of nitro groups is 1. The summed E-state index contributed by atoms with van der Waals surface area (Å²) in [6, 6.07) is 4.41. The molecule has 2 aliphatic carbocycles. The van der Waals surface area contributed by atoms with Crippen LogP contribution in [-0.2, 0) is 6.42 Å². The molecule has 0 amide bonds. The normalized spacial score (nSPS) is 28.3. The van der Waals surface area contributed by atoms with E-state index >= 15 is 0 Å². The number of benzene rings is 1. The van der Waals surface area contributed by atoms with Crippen LogP contribution < -0.4 is 10.1 Å². The van der Waals surface area contributed by atoms with E-state index in [1.165, 1.54) is 38.5 Å². The van der Waals surface area contributed by atoms with E-state index in [1.54, 1.807) is 19.2 Å². The Morgan fingerprint density at radius 2 is 1.90 bits per heavy atom. The lowest BCUT2D eigenvalue weighted by atomic mass is 9.68. The molecule has 1 aromatic carbocycles. The minimum Gasteiger partial charge on any atom is -0.496 e. The van der Waals surface area contributed by atoms with E-state index in [9.17, 15) is 10.1 Å². The van der Waals surface area contributed by atoms with Gasteiger partial charge in [0.05, 0.1) is 17.6 Å². The van der Waals surface area contributed by atoms with E-state index in [0.717, 1.165) is 43.8 Å². The molecule has 1 aliphatic heterocycles. The second-order valence-electron chi connectivity index (χ2n) is 9.51. The lowest BCUT2D eigenvalue weighted by Gasteiger charge is -2.47. The number of aryl methyl sites for hydroxylation is 1. The Balaban J connectivity index is 1.46. The summed E-state index contributed by atoms with van der Waals surface area (Å²) < 4.78 is 5.56. The van der Waals surface area contributed by atoms with Crippen LogP contribution in [0.25, 0.3) is 0 Å². The zero-order chi connectivity index (χ0) is 22.0. The van der Waals surface area contributed by atoms with E-state index in [1.807, 2.05) is 6.92 Å². The highest BCUT2D eigenvalue weighted by Crippen LogP contribution is 2.43. The molecule has 3 fully saturated rings. The average Bonchev–Trinajstić information content (AvgIpc) is 3.20. The van der Waals surface area contributed by atoms with Gasteiger partial charge in [0.1, 0.15) is 10.7 Å². The summed E-state index contributed by atoms with van der Waals surface area (Å²) >= 11 is 5.71. The van der Waals surface area contributed by atoms with Gasteiger partial charge in [0.2, 0.25) is 0 Å². The molecule has 1 atom stereocenters. The second kappa shape index (κ2) is 9.82. The summed E-state index contributed by atoms with van der Waals surface area (Å²) in [4.78, 5) is 14.6. The van der Waals surface area contributed by atoms with Crippen LogP contribution in [0.1, 0.15) is 69.4 Å². The van der Waals surface area contributed by atoms with Gasteiger partial charge in [-0.1, -0.05) is 38.4 Å². The topological polar surface area (TPSA) is 67.6 Å². The molecule has 1 N–H and O–H groups in total. The maximum absolute atomic E-state index is 11.6. The van der Waals surface area contributed by atoms with Crippen molar-refractivity contribution in [1.82, 2.24) is 10.2 Å². The number of hydrogen-bond acceptors (Lipinski definition) is 5. The first-order chi connectivity index (χ1) is 15.0. The van der Waals surface area contributed by atoms with Gasteiger partial charge >= 0.3 is 0 Å². The van der Waals surface area contributed by atoms with Gasteiger partial charge in [-0.3, -0.25) is 15.0 Å². The van der Waals surface area contributed by atoms with Gasteiger partial charge in [-0.25, -0.2) is 0 Å². The molecule has 0 aromatic heterocycles. The largest absolute Gasteiger partial charge is 0.496 e. The number of likely N-dealkylation sites (tertiary alicyclic amines) is 1. The Kier molecular flexibility index (Phi) is 7.12. The highest BCUT2D eigenvalue weighted by molar-refractivity contribution is 7.80. The van der Waals surface area contributed by atoms with Crippen molar-refractivity contribution in [3.8, 4) is 5.75 Å². The number of ether oxygens (including phenoxy) is 1. The van der Waals surface area contributed by atoms with Crippen LogP contribution >= 0.6 is 12.2 Å². The molecule has 0 radical (unpaired) electrons. The minimum absolute atomic E-state index is 0.130. The third-order valence-electron chi connectivity index (χ3n) is 7.60. The molecular weight excluding hydrogens is 410 g/mol. The standard InChI is InChI=1S/C24H35N3O3S/c1-3-6-18-13-22(30-2)20(14-21(18)27(28)29)24(31)25-19-11-12-26(15-19)23-16-7-4-8-17(23)10-5-9-16/h13-14,16-17,19,23H,3-12,15H2,1-2H3,(H,25,31). The number of nitrogens with one attached hydrogen (secondary N) is 1. The lowest BCUT2D eigenvalue weighted by Crippen LogP contribution is -2.50. The van der Waals surface area contributed by atoms with E-state index in [-0.39, 0.29) is 16.7 Å². The molecule has 6 nitrogen and oxygen atoms in total. The summed E-state index contributed by atoms with van der Waals surface area (Å²) in [5.74, 6) is 2.35. The van der Waals surface area contributed by atoms with Crippen molar-refractivity contribution >= 4 is 22.9 Å². The summed E-state index contributed by atoms with van der Waals surface area (Å²) in [6.07, 6.45) is 10.9. The first-order valence-corrected chi connectivity index (χ1v) is 12.3. The van der Waals surface area contributed by atoms with Gasteiger partial charge in [-0.05, 0) is 56.4 Å². The maximum atomic E-state index is 11.6. The highest BCUT2D eigenvalue weighted by atomic mass is 32.1. The van der Waals surface area contributed by atoms with E-state index < -0.39 is 0 Å². The molecule has 4 rings (SSSR count). The molecule has 1 heterocycles. The van der Waals surface area contributed by atoms with Crippen LogP contribution in [0.4, 0.5) is 5.69 Å². The van der Waals surface area contributed by atoms with Crippen molar-refractivity contribution < 1.29 is 9.66 Å². The Labute approximate surface area is 190 Å². The Hall–Kier alpha value is -1.73. The van der Waals surface area contributed by atoms with Crippen LogP contribution in [0.2, 0.25) is 0 Å². The third-order valence-corrected chi connectivity index (χ3v) is 7.94. The van der Waals surface area contributed by atoms with Crippen LogP contribution in [-0.4, -0.2) is 47.1 Å². The van der Waals surface area contributed by atoms with Crippen molar-refractivity contribution in [2.45, 2.75) is 76.8 Å². The summed E-state index contributed by atoms with van der Waals surface area (Å²) in [7, 11) is 1.60. The highest BCUT2D eigenvalue weighted by Gasteiger charge is 2.42. The van der Waals surface area contributed by atoms with Crippen LogP contribution in [0, 0.1) is 22.0 Å². The fourth-order valence-electron chi connectivity index (χ4n) is 6.27. The van der Waals surface area contributed by atoms with Crippen molar-refractivity contribution in [1.29, 1.82) is 0 Å². The van der Waals surface area contributed by atoms with Crippen molar-refractivity contribution in [2.75, 3.05) is 20.2 Å². The molecule has 31 heavy (non-hydrogen) atoms. The Morgan fingerprint density at radius 1 is 1.23 bits per heavy atom. The Morgan fingerprint density at radius 3 is 2.48 bits per heavy atom. The molecule has 1 unspecified atom stereocenters. The second-order valence-corrected chi connectivity index (χ2v) is 9.92. The fourth-order valence-corrected chi connectivity index (χ4v) is 6.60. The van der Waals surface area contributed by atoms with E-state index in [2.05, 4.69) is 10.2 Å². The smallest absolute Gasteiger partial charge is 0.273 e. The number of fused-ring (bicyclic) bond motifs is 2. The summed E-state index contributed by atoms with van der Waals surface area (Å²) in [6.45, 7) is 4.14. The summed E-state index contributed by atoms with van der Waals surface area (Å²) in [5, 5.41) is 15.1. The first kappa shape index (κ1) is 22.5. The maximum Gasteiger partial charge on any atom is 0.273 e. The number of rotatable bonds is 7. The molecule has 0 spiro atoms. The van der Waals surface area contributed by atoms with Crippen molar-refractivity contribution in [3.63, 3.8) is 0 Å². The number of nitrogens with zero attached hydrogens (tertiary/aromatic N) is 2. The van der Waals surface area contributed by atoms with Gasteiger partial charge in [-0.15, -0.1) is 0 Å². The van der Waals surface area contributed by atoms with Crippen LogP contribution in [0.5, 0.6) is 5.75 Å². The van der Waals surface area contributed by atoms with Gasteiger partial charge < -0.3 is 10.1 Å². The van der Waals surface area contributed by atoms with Crippen molar-refractivity contribution in [3.05, 3.63) is 33.4 Å². The van der Waals surface area contributed by atoms with Gasteiger partial charge in [0.25, 0.3) is 5.69 Å². The zero-order valence-corrected chi connectivity index (χ0v) is 19.6. The quantitative estimate of drug-likeness (QED) is 0.367. The fraction of sp³-hybridized carbons (Fsp3) is 0.708. The number of hydrogen-bond donors (Lipinski definition) is 1. The van der Waals surface area contributed by atoms with Gasteiger partial charge in [0, 0.05) is 36.8 Å². The molecule has 170 valence electrons.